The van der Waals surface area contributed by atoms with Crippen LogP contribution in [0.15, 0.2) is 140 Å². The minimum atomic E-state index is -0.331. The van der Waals surface area contributed by atoms with Gasteiger partial charge in [0.25, 0.3) is 0 Å². The van der Waals surface area contributed by atoms with Gasteiger partial charge in [0.2, 0.25) is 35.7 Å². The number of piperazine rings is 2. The second-order valence-corrected chi connectivity index (χ2v) is 18.4. The summed E-state index contributed by atoms with van der Waals surface area (Å²) in [6, 6.07) is 37.2. The van der Waals surface area contributed by atoms with E-state index >= 15 is 0 Å². The highest BCUT2D eigenvalue weighted by Gasteiger charge is 2.27. The minimum absolute atomic E-state index is 0.172. The molecule has 2 fully saturated rings. The van der Waals surface area contributed by atoms with Crippen molar-refractivity contribution in [2.24, 2.45) is 0 Å². The predicted molar refractivity (Wildman–Crippen MR) is 284 cm³/mol. The van der Waals surface area contributed by atoms with Crippen molar-refractivity contribution in [3.05, 3.63) is 180 Å². The number of aromatic nitrogens is 10. The van der Waals surface area contributed by atoms with Crippen molar-refractivity contribution in [1.82, 2.24) is 60.1 Å². The van der Waals surface area contributed by atoms with E-state index in [4.69, 9.17) is 39.9 Å². The highest BCUT2D eigenvalue weighted by molar-refractivity contribution is 5.58. The zero-order valence-electron chi connectivity index (χ0n) is 41.2. The van der Waals surface area contributed by atoms with Crippen LogP contribution in [0.5, 0.6) is 0 Å². The van der Waals surface area contributed by atoms with Crippen LogP contribution >= 0.6 is 0 Å². The van der Waals surface area contributed by atoms with E-state index in [0.717, 1.165) is 84.5 Å². The molecule has 0 aliphatic carbocycles. The highest BCUT2D eigenvalue weighted by atomic mass is 15.4. The van der Waals surface area contributed by atoms with Crippen molar-refractivity contribution >= 4 is 47.1 Å². The van der Waals surface area contributed by atoms with Gasteiger partial charge in [-0.1, -0.05) is 84.9 Å². The van der Waals surface area contributed by atoms with Gasteiger partial charge in [-0.2, -0.15) is 19.9 Å². The predicted octanol–water partition coefficient (Wildman–Crippen LogP) is 6.89. The molecule has 2 atom stereocenters. The summed E-state index contributed by atoms with van der Waals surface area (Å²) in [5.41, 5.74) is 8.49. The van der Waals surface area contributed by atoms with Crippen LogP contribution < -0.4 is 35.6 Å². The van der Waals surface area contributed by atoms with Crippen LogP contribution in [0.1, 0.15) is 58.2 Å². The van der Waals surface area contributed by atoms with Crippen LogP contribution in [0.2, 0.25) is 0 Å². The molecule has 8 aromatic rings. The Bertz CT molecular complexity index is 3000. The second-order valence-electron chi connectivity index (χ2n) is 18.4. The maximum Gasteiger partial charge on any atom is 0.232 e. The van der Waals surface area contributed by atoms with Gasteiger partial charge in [-0.3, -0.25) is 4.90 Å². The first kappa shape index (κ1) is 47.5. The fraction of sp³-hybridized carbons (Fsp3) is 0.296. The van der Waals surface area contributed by atoms with E-state index in [0.29, 0.717) is 55.8 Å². The molecule has 0 amide bonds. The number of nitrogens with zero attached hydrogens (tertiary/aromatic N) is 15. The molecule has 72 heavy (non-hydrogen) atoms. The van der Waals surface area contributed by atoms with E-state index < -0.39 is 0 Å². The standard InChI is InChI=1S/C54H60N18/c1-38(55-2)43-17-11-19-45(31-43)63-50-64-48(65-54(67-50)72-27-23-70(24-28-72)52-58-35-42(36-59-52)30-40-15-9-6-10-16-40)47(68(3)4)44-18-12-20-46(32-44)62-49-60-37-61-53(66-49)71-25-21-69(22-26-71)51-56-33-41(34-57-51)29-39-13-7-5-8-14-39/h5-20,31-38,47,55H,21-30H2,1-4H3,(H,60,61,62,66)(H,63,64,65,67). The summed E-state index contributed by atoms with van der Waals surface area (Å²) >= 11 is 0. The molecule has 10 rings (SSSR count). The molecule has 0 saturated carbocycles. The summed E-state index contributed by atoms with van der Waals surface area (Å²) < 4.78 is 0. The van der Waals surface area contributed by atoms with Crippen molar-refractivity contribution in [1.29, 1.82) is 0 Å². The molecular weight excluding hydrogens is 901 g/mol. The Hall–Kier alpha value is -8.22. The Kier molecular flexibility index (Phi) is 14.7. The summed E-state index contributed by atoms with van der Waals surface area (Å²) in [4.78, 5) is 59.2. The lowest BCUT2D eigenvalue weighted by Gasteiger charge is -2.35. The number of benzene rings is 4. The van der Waals surface area contributed by atoms with Gasteiger partial charge in [0.05, 0.1) is 6.04 Å². The number of anilines is 8. The molecule has 18 nitrogen and oxygen atoms in total. The molecule has 6 heterocycles. The molecule has 2 aliphatic rings. The van der Waals surface area contributed by atoms with Crippen molar-refractivity contribution < 1.29 is 0 Å². The van der Waals surface area contributed by atoms with Crippen molar-refractivity contribution in [2.45, 2.75) is 31.8 Å². The molecular formula is C54H60N18. The third-order valence-electron chi connectivity index (χ3n) is 13.1. The monoisotopic (exact) mass is 961 g/mol. The molecule has 4 aromatic carbocycles. The van der Waals surface area contributed by atoms with Crippen LogP contribution in [0.3, 0.4) is 0 Å². The Morgan fingerprint density at radius 2 is 0.944 bits per heavy atom. The number of hydrogen-bond acceptors (Lipinski definition) is 18. The fourth-order valence-corrected chi connectivity index (χ4v) is 9.06. The maximum atomic E-state index is 5.22. The van der Waals surface area contributed by atoms with Gasteiger partial charge in [-0.25, -0.2) is 29.9 Å². The normalized spacial score (nSPS) is 14.8. The van der Waals surface area contributed by atoms with E-state index in [1.165, 1.54) is 11.1 Å². The molecule has 2 unspecified atom stereocenters. The lowest BCUT2D eigenvalue weighted by atomic mass is 10.0. The second kappa shape index (κ2) is 22.2. The number of nitrogens with one attached hydrogen (secondary N) is 3. The van der Waals surface area contributed by atoms with Crippen LogP contribution in [0, 0.1) is 0 Å². The minimum Gasteiger partial charge on any atom is -0.337 e. The van der Waals surface area contributed by atoms with Gasteiger partial charge in [0.15, 0.2) is 5.82 Å². The Morgan fingerprint density at radius 1 is 0.472 bits per heavy atom. The zero-order valence-corrected chi connectivity index (χ0v) is 41.2. The number of hydrogen-bond donors (Lipinski definition) is 3. The molecule has 4 aromatic heterocycles. The topological polar surface area (TPSA) is 181 Å². The van der Waals surface area contributed by atoms with Gasteiger partial charge >= 0.3 is 0 Å². The Labute approximate surface area is 420 Å². The smallest absolute Gasteiger partial charge is 0.232 e. The van der Waals surface area contributed by atoms with Gasteiger partial charge in [-0.05, 0) is 85.7 Å². The Morgan fingerprint density at radius 3 is 1.47 bits per heavy atom. The van der Waals surface area contributed by atoms with Gasteiger partial charge in [-0.15, -0.1) is 0 Å². The quantitative estimate of drug-likeness (QED) is 0.0858. The fourth-order valence-electron chi connectivity index (χ4n) is 9.06. The first-order chi connectivity index (χ1) is 35.3. The first-order valence-electron chi connectivity index (χ1n) is 24.5. The lowest BCUT2D eigenvalue weighted by Crippen LogP contribution is -2.48. The average molecular weight is 961 g/mol. The average Bonchev–Trinajstić information content (AvgIpc) is 3.42. The van der Waals surface area contributed by atoms with Crippen molar-refractivity contribution in [2.75, 3.05) is 104 Å². The summed E-state index contributed by atoms with van der Waals surface area (Å²) in [7, 11) is 6.04. The molecule has 2 saturated heterocycles. The summed E-state index contributed by atoms with van der Waals surface area (Å²) in [6.45, 7) is 7.85. The summed E-state index contributed by atoms with van der Waals surface area (Å²) in [6.07, 6.45) is 10.9. The molecule has 0 bridgehead atoms. The third-order valence-corrected chi connectivity index (χ3v) is 13.1. The number of rotatable bonds is 17. The largest absolute Gasteiger partial charge is 0.337 e. The van der Waals surface area contributed by atoms with Crippen LogP contribution in [0.4, 0.5) is 47.1 Å². The van der Waals surface area contributed by atoms with E-state index in [2.05, 4.69) is 130 Å². The lowest BCUT2D eigenvalue weighted by molar-refractivity contribution is 0.329. The third kappa shape index (κ3) is 11.7. The van der Waals surface area contributed by atoms with E-state index in [1.807, 2.05) is 82.3 Å². The van der Waals surface area contributed by atoms with Crippen LogP contribution in [-0.2, 0) is 12.8 Å². The van der Waals surface area contributed by atoms with E-state index in [9.17, 15) is 0 Å². The molecule has 0 radical (unpaired) electrons. The van der Waals surface area contributed by atoms with Gasteiger partial charge in [0, 0.05) is 107 Å². The molecule has 3 N–H and O–H groups in total. The molecule has 0 spiro atoms. The van der Waals surface area contributed by atoms with Gasteiger partial charge in [0.1, 0.15) is 6.33 Å². The molecule has 2 aliphatic heterocycles. The SMILES string of the molecule is CNC(C)c1cccc(Nc2nc(C(c3cccc(Nc4ncnc(N5CCN(c6ncc(Cc7ccccc7)cn6)CC5)n4)c3)N(C)C)nc(N3CCN(c4ncc(Cc5ccccc5)cn4)CC3)n2)c1. The summed E-state index contributed by atoms with van der Waals surface area (Å²) in [5, 5.41) is 10.3. The summed E-state index contributed by atoms with van der Waals surface area (Å²) in [5.74, 6) is 4.20. The maximum absolute atomic E-state index is 5.22. The van der Waals surface area contributed by atoms with E-state index in [1.54, 1.807) is 6.33 Å². The molecule has 18 heteroatoms. The van der Waals surface area contributed by atoms with Crippen LogP contribution in [-0.4, -0.2) is 128 Å². The van der Waals surface area contributed by atoms with E-state index in [-0.39, 0.29) is 12.1 Å². The van der Waals surface area contributed by atoms with Crippen molar-refractivity contribution in [3.63, 3.8) is 0 Å². The van der Waals surface area contributed by atoms with Crippen LogP contribution in [0.25, 0.3) is 0 Å². The zero-order chi connectivity index (χ0) is 49.2. The Balaban J connectivity index is 0.838. The molecule has 366 valence electrons. The highest BCUT2D eigenvalue weighted by Crippen LogP contribution is 2.31. The first-order valence-corrected chi connectivity index (χ1v) is 24.5. The van der Waals surface area contributed by atoms with Gasteiger partial charge < -0.3 is 35.6 Å². The van der Waals surface area contributed by atoms with Crippen molar-refractivity contribution in [3.8, 4) is 0 Å².